The molecule has 1 fully saturated rings. The van der Waals surface area contributed by atoms with E-state index in [-0.39, 0.29) is 5.84 Å². The minimum atomic E-state index is 0.0795. The molecule has 2 rings (SSSR count). The Balaban J connectivity index is 2.19. The number of rotatable bonds is 4. The Morgan fingerprint density at radius 3 is 3.11 bits per heavy atom. The van der Waals surface area contributed by atoms with Crippen LogP contribution in [0.3, 0.4) is 0 Å². The van der Waals surface area contributed by atoms with Gasteiger partial charge in [0.1, 0.15) is 5.69 Å². The molecule has 0 aromatic carbocycles. The van der Waals surface area contributed by atoms with Gasteiger partial charge in [0.2, 0.25) is 0 Å². The average Bonchev–Trinajstić information content (AvgIpc) is 2.87. The lowest BCUT2D eigenvalue weighted by Crippen LogP contribution is -2.33. The van der Waals surface area contributed by atoms with Crippen LogP contribution in [-0.4, -0.2) is 33.5 Å². The first-order chi connectivity index (χ1) is 9.13. The summed E-state index contributed by atoms with van der Waals surface area (Å²) in [7, 11) is 0. The Morgan fingerprint density at radius 2 is 2.42 bits per heavy atom. The van der Waals surface area contributed by atoms with E-state index >= 15 is 0 Å². The monoisotopic (exact) mass is 262 g/mol. The Hall–Kier alpha value is -1.62. The van der Waals surface area contributed by atoms with Gasteiger partial charge in [-0.05, 0) is 36.9 Å². The molecule has 5 heteroatoms. The van der Waals surface area contributed by atoms with Crippen molar-refractivity contribution in [3.8, 4) is 0 Å². The molecule has 1 aromatic rings. The number of likely N-dealkylation sites (tertiary alicyclic amines) is 1. The first kappa shape index (κ1) is 13.8. The summed E-state index contributed by atoms with van der Waals surface area (Å²) in [5.41, 5.74) is 7.28. The summed E-state index contributed by atoms with van der Waals surface area (Å²) in [5.74, 6) is 0.724. The molecule has 1 aliphatic rings. The molecule has 19 heavy (non-hydrogen) atoms. The van der Waals surface area contributed by atoms with E-state index in [0.717, 1.165) is 18.7 Å². The summed E-state index contributed by atoms with van der Waals surface area (Å²) in [4.78, 5) is 6.69. The fourth-order valence-corrected chi connectivity index (χ4v) is 2.87. The highest BCUT2D eigenvalue weighted by atomic mass is 16.4. The molecule has 0 aliphatic carbocycles. The molecule has 0 bridgehead atoms. The predicted molar refractivity (Wildman–Crippen MR) is 75.0 cm³/mol. The quantitative estimate of drug-likeness (QED) is 0.375. The number of oxime groups is 1. The van der Waals surface area contributed by atoms with Crippen molar-refractivity contribution in [2.75, 3.05) is 6.54 Å². The van der Waals surface area contributed by atoms with E-state index in [2.05, 4.69) is 28.9 Å². The molecule has 104 valence electrons. The Morgan fingerprint density at radius 1 is 1.63 bits per heavy atom. The van der Waals surface area contributed by atoms with E-state index in [9.17, 15) is 0 Å². The van der Waals surface area contributed by atoms with Crippen LogP contribution in [0.4, 0.5) is 0 Å². The minimum absolute atomic E-state index is 0.0795. The standard InChI is InChI=1S/C14H22N4O/c1-10(2)12-6-4-8-18(12)9-11-5-3-7-16-13(11)14(15)17-19/h3,5,7,10,12,19H,4,6,8-9H2,1-2H3,(H2,15,17). The van der Waals surface area contributed by atoms with Crippen LogP contribution >= 0.6 is 0 Å². The molecule has 2 heterocycles. The molecule has 5 nitrogen and oxygen atoms in total. The highest BCUT2D eigenvalue weighted by Gasteiger charge is 2.27. The molecule has 1 saturated heterocycles. The maximum Gasteiger partial charge on any atom is 0.189 e. The molecule has 0 saturated carbocycles. The Labute approximate surface area is 114 Å². The average molecular weight is 262 g/mol. The fourth-order valence-electron chi connectivity index (χ4n) is 2.87. The first-order valence-corrected chi connectivity index (χ1v) is 6.79. The Kier molecular flexibility index (Phi) is 4.37. The summed E-state index contributed by atoms with van der Waals surface area (Å²) in [5, 5.41) is 11.9. The van der Waals surface area contributed by atoms with Gasteiger partial charge in [-0.1, -0.05) is 25.1 Å². The highest BCUT2D eigenvalue weighted by Crippen LogP contribution is 2.26. The van der Waals surface area contributed by atoms with E-state index in [4.69, 9.17) is 10.9 Å². The number of hydrogen-bond acceptors (Lipinski definition) is 4. The van der Waals surface area contributed by atoms with Crippen LogP contribution in [0.5, 0.6) is 0 Å². The third kappa shape index (κ3) is 3.04. The molecule has 1 aliphatic heterocycles. The van der Waals surface area contributed by atoms with Crippen LogP contribution < -0.4 is 5.73 Å². The van der Waals surface area contributed by atoms with Crippen LogP contribution in [0.25, 0.3) is 0 Å². The van der Waals surface area contributed by atoms with Crippen LogP contribution in [0.1, 0.15) is 37.9 Å². The number of aromatic nitrogens is 1. The van der Waals surface area contributed by atoms with Crippen molar-refractivity contribution in [1.29, 1.82) is 0 Å². The third-order valence-electron chi connectivity index (χ3n) is 3.80. The van der Waals surface area contributed by atoms with Gasteiger partial charge in [0.15, 0.2) is 5.84 Å². The van der Waals surface area contributed by atoms with Gasteiger partial charge >= 0.3 is 0 Å². The van der Waals surface area contributed by atoms with Gasteiger partial charge in [-0.15, -0.1) is 0 Å². The molecule has 0 amide bonds. The predicted octanol–water partition coefficient (Wildman–Crippen LogP) is 1.80. The SMILES string of the molecule is CC(C)C1CCCN1Cc1cccnc1C(N)=NO. The Bertz CT molecular complexity index is 459. The molecule has 0 spiro atoms. The lowest BCUT2D eigenvalue weighted by atomic mass is 10.0. The van der Waals surface area contributed by atoms with Crippen molar-refractivity contribution < 1.29 is 5.21 Å². The topological polar surface area (TPSA) is 74.7 Å². The highest BCUT2D eigenvalue weighted by molar-refractivity contribution is 5.96. The zero-order valence-corrected chi connectivity index (χ0v) is 11.6. The largest absolute Gasteiger partial charge is 0.409 e. The van der Waals surface area contributed by atoms with Gasteiger partial charge < -0.3 is 10.9 Å². The zero-order valence-electron chi connectivity index (χ0n) is 11.6. The van der Waals surface area contributed by atoms with Gasteiger partial charge in [-0.3, -0.25) is 9.88 Å². The van der Waals surface area contributed by atoms with E-state index in [1.807, 2.05) is 12.1 Å². The summed E-state index contributed by atoms with van der Waals surface area (Å²) in [6, 6.07) is 4.50. The van der Waals surface area contributed by atoms with Crippen molar-refractivity contribution in [3.63, 3.8) is 0 Å². The summed E-state index contributed by atoms with van der Waals surface area (Å²) in [6.07, 6.45) is 4.15. The smallest absolute Gasteiger partial charge is 0.189 e. The maximum atomic E-state index is 8.82. The summed E-state index contributed by atoms with van der Waals surface area (Å²) >= 11 is 0. The molecule has 1 aromatic heterocycles. The second-order valence-electron chi connectivity index (χ2n) is 5.42. The van der Waals surface area contributed by atoms with Gasteiger partial charge in [0.25, 0.3) is 0 Å². The second-order valence-corrected chi connectivity index (χ2v) is 5.42. The van der Waals surface area contributed by atoms with Gasteiger partial charge in [-0.2, -0.15) is 0 Å². The lowest BCUT2D eigenvalue weighted by Gasteiger charge is -2.28. The van der Waals surface area contributed by atoms with Crippen LogP contribution in [0.15, 0.2) is 23.5 Å². The van der Waals surface area contributed by atoms with Gasteiger partial charge in [0, 0.05) is 18.8 Å². The van der Waals surface area contributed by atoms with Crippen LogP contribution in [0.2, 0.25) is 0 Å². The minimum Gasteiger partial charge on any atom is -0.409 e. The zero-order chi connectivity index (χ0) is 13.8. The molecule has 0 radical (unpaired) electrons. The van der Waals surface area contributed by atoms with Crippen LogP contribution in [0, 0.1) is 5.92 Å². The van der Waals surface area contributed by atoms with Crippen molar-refractivity contribution in [1.82, 2.24) is 9.88 Å². The van der Waals surface area contributed by atoms with E-state index < -0.39 is 0 Å². The van der Waals surface area contributed by atoms with Crippen molar-refractivity contribution in [2.24, 2.45) is 16.8 Å². The second kappa shape index (κ2) is 6.02. The molecule has 3 N–H and O–H groups in total. The number of nitrogens with two attached hydrogens (primary N) is 1. The summed E-state index contributed by atoms with van der Waals surface area (Å²) < 4.78 is 0. The number of hydrogen-bond donors (Lipinski definition) is 2. The van der Waals surface area contributed by atoms with E-state index in [1.165, 1.54) is 12.8 Å². The van der Waals surface area contributed by atoms with Crippen molar-refractivity contribution >= 4 is 5.84 Å². The summed E-state index contributed by atoms with van der Waals surface area (Å²) in [6.45, 7) is 6.43. The molecule has 1 unspecified atom stereocenters. The molecule has 1 atom stereocenters. The number of amidine groups is 1. The molecular formula is C14H22N4O. The van der Waals surface area contributed by atoms with Gasteiger partial charge in [-0.25, -0.2) is 0 Å². The van der Waals surface area contributed by atoms with Crippen molar-refractivity contribution in [3.05, 3.63) is 29.6 Å². The third-order valence-corrected chi connectivity index (χ3v) is 3.80. The number of nitrogens with zero attached hydrogens (tertiary/aromatic N) is 3. The van der Waals surface area contributed by atoms with E-state index in [1.54, 1.807) is 6.20 Å². The first-order valence-electron chi connectivity index (χ1n) is 6.79. The number of pyridine rings is 1. The molecular weight excluding hydrogens is 240 g/mol. The van der Waals surface area contributed by atoms with Crippen molar-refractivity contribution in [2.45, 2.75) is 39.3 Å². The normalized spacial score (nSPS) is 21.2. The van der Waals surface area contributed by atoms with Gasteiger partial charge in [0.05, 0.1) is 0 Å². The maximum absolute atomic E-state index is 8.82. The van der Waals surface area contributed by atoms with E-state index in [0.29, 0.717) is 17.7 Å². The van der Waals surface area contributed by atoms with Crippen LogP contribution in [-0.2, 0) is 6.54 Å². The lowest BCUT2D eigenvalue weighted by molar-refractivity contribution is 0.198. The fraction of sp³-hybridized carbons (Fsp3) is 0.571.